The molecule has 1 fully saturated rings. The molecule has 4 N–H and O–H groups in total. The fraction of sp³-hybridized carbons (Fsp3) is 0.714. The Morgan fingerprint density at radius 1 is 1.26 bits per heavy atom. The molecule has 0 atom stereocenters. The first kappa shape index (κ1) is 14.1. The zero-order valence-corrected chi connectivity index (χ0v) is 11.9. The summed E-state index contributed by atoms with van der Waals surface area (Å²) in [6.07, 6.45) is 7.00. The van der Waals surface area contributed by atoms with Crippen LogP contribution in [-0.4, -0.2) is 28.6 Å². The monoisotopic (exact) mass is 263 g/mol. The van der Waals surface area contributed by atoms with Crippen molar-refractivity contribution < 1.29 is 0 Å². The normalized spacial score (nSPS) is 16.6. The Bertz CT molecular complexity index is 399. The van der Waals surface area contributed by atoms with Crippen molar-refractivity contribution in [3.05, 3.63) is 12.4 Å². The van der Waals surface area contributed by atoms with Gasteiger partial charge in [0.05, 0.1) is 0 Å². The molecule has 0 aromatic carbocycles. The van der Waals surface area contributed by atoms with Gasteiger partial charge in [0.2, 0.25) is 0 Å². The Morgan fingerprint density at radius 3 is 2.63 bits per heavy atom. The quantitative estimate of drug-likeness (QED) is 0.734. The molecule has 5 heteroatoms. The molecule has 106 valence electrons. The lowest BCUT2D eigenvalue weighted by Crippen LogP contribution is -2.39. The van der Waals surface area contributed by atoms with E-state index in [1.807, 2.05) is 6.07 Å². The van der Waals surface area contributed by atoms with E-state index < -0.39 is 0 Å². The number of anilines is 2. The van der Waals surface area contributed by atoms with Crippen LogP contribution in [0.2, 0.25) is 0 Å². The third-order valence-electron chi connectivity index (χ3n) is 3.69. The van der Waals surface area contributed by atoms with E-state index in [4.69, 9.17) is 5.73 Å². The smallest absolute Gasteiger partial charge is 0.131 e. The highest BCUT2D eigenvalue weighted by molar-refractivity contribution is 5.47. The molecular weight excluding hydrogens is 238 g/mol. The topological polar surface area (TPSA) is 75.9 Å². The molecule has 1 heterocycles. The molecule has 0 unspecified atom stereocenters. The van der Waals surface area contributed by atoms with Gasteiger partial charge in [0.15, 0.2) is 0 Å². The zero-order chi connectivity index (χ0) is 13.7. The lowest BCUT2D eigenvalue weighted by Gasteiger charge is -2.25. The fourth-order valence-electron chi connectivity index (χ4n) is 2.38. The van der Waals surface area contributed by atoms with Crippen LogP contribution in [0.1, 0.15) is 39.5 Å². The van der Waals surface area contributed by atoms with Gasteiger partial charge in [-0.25, -0.2) is 9.97 Å². The van der Waals surface area contributed by atoms with Crippen LogP contribution in [0.25, 0.3) is 0 Å². The Hall–Kier alpha value is -1.36. The summed E-state index contributed by atoms with van der Waals surface area (Å²) in [6, 6.07) is 1.95. The van der Waals surface area contributed by atoms with Gasteiger partial charge in [0, 0.05) is 24.7 Å². The van der Waals surface area contributed by atoms with E-state index in [2.05, 4.69) is 34.4 Å². The second kappa shape index (κ2) is 6.19. The predicted octanol–water partition coefficient (Wildman–Crippen LogP) is 2.23. The van der Waals surface area contributed by atoms with Crippen molar-refractivity contribution in [2.45, 2.75) is 45.1 Å². The summed E-state index contributed by atoms with van der Waals surface area (Å²) in [4.78, 5) is 8.50. The van der Waals surface area contributed by atoms with Crippen molar-refractivity contribution in [3.8, 4) is 0 Å². The first-order valence-electron chi connectivity index (χ1n) is 7.13. The van der Waals surface area contributed by atoms with Crippen LogP contribution in [0.4, 0.5) is 11.6 Å². The van der Waals surface area contributed by atoms with E-state index in [0.717, 1.165) is 24.1 Å². The van der Waals surface area contributed by atoms with Gasteiger partial charge in [-0.15, -0.1) is 0 Å². The van der Waals surface area contributed by atoms with Gasteiger partial charge in [-0.05, 0) is 32.6 Å². The van der Waals surface area contributed by atoms with Crippen molar-refractivity contribution in [2.75, 3.05) is 23.7 Å². The van der Waals surface area contributed by atoms with Crippen LogP contribution in [-0.2, 0) is 0 Å². The fourth-order valence-corrected chi connectivity index (χ4v) is 2.38. The van der Waals surface area contributed by atoms with Crippen LogP contribution >= 0.6 is 0 Å². The number of rotatable bonds is 6. The van der Waals surface area contributed by atoms with E-state index in [9.17, 15) is 0 Å². The van der Waals surface area contributed by atoms with Gasteiger partial charge < -0.3 is 16.4 Å². The van der Waals surface area contributed by atoms with Gasteiger partial charge in [0.1, 0.15) is 18.0 Å². The largest absolute Gasteiger partial charge is 0.370 e. The SMILES string of the molecule is CC(C)(CN)Nc1cc(NCC2CCCC2)ncn1. The first-order valence-corrected chi connectivity index (χ1v) is 7.13. The van der Waals surface area contributed by atoms with Crippen LogP contribution < -0.4 is 16.4 Å². The minimum atomic E-state index is -0.156. The average Bonchev–Trinajstić information content (AvgIpc) is 2.89. The molecule has 0 saturated heterocycles. The summed E-state index contributed by atoms with van der Waals surface area (Å²) in [6.45, 7) is 5.68. The van der Waals surface area contributed by atoms with E-state index in [0.29, 0.717) is 6.54 Å². The third-order valence-corrected chi connectivity index (χ3v) is 3.69. The van der Waals surface area contributed by atoms with Crippen LogP contribution in [0.5, 0.6) is 0 Å². The Morgan fingerprint density at radius 2 is 1.95 bits per heavy atom. The highest BCUT2D eigenvalue weighted by atomic mass is 15.1. The lowest BCUT2D eigenvalue weighted by atomic mass is 10.1. The van der Waals surface area contributed by atoms with Crippen molar-refractivity contribution in [1.82, 2.24) is 9.97 Å². The molecule has 0 amide bonds. The molecule has 0 radical (unpaired) electrons. The lowest BCUT2D eigenvalue weighted by molar-refractivity contribution is 0.575. The summed E-state index contributed by atoms with van der Waals surface area (Å²) < 4.78 is 0. The number of nitrogens with one attached hydrogen (secondary N) is 2. The Labute approximate surface area is 115 Å². The zero-order valence-electron chi connectivity index (χ0n) is 11.9. The van der Waals surface area contributed by atoms with E-state index in [1.165, 1.54) is 25.7 Å². The molecule has 1 aromatic rings. The highest BCUT2D eigenvalue weighted by Crippen LogP contribution is 2.25. The Kier molecular flexibility index (Phi) is 4.58. The number of aromatic nitrogens is 2. The van der Waals surface area contributed by atoms with Crippen molar-refractivity contribution in [2.24, 2.45) is 11.7 Å². The van der Waals surface area contributed by atoms with Crippen LogP contribution in [0.15, 0.2) is 12.4 Å². The molecule has 1 aliphatic rings. The highest BCUT2D eigenvalue weighted by Gasteiger charge is 2.17. The molecule has 0 aliphatic heterocycles. The van der Waals surface area contributed by atoms with Gasteiger partial charge in [-0.1, -0.05) is 12.8 Å². The van der Waals surface area contributed by atoms with Crippen molar-refractivity contribution in [1.29, 1.82) is 0 Å². The molecule has 1 saturated carbocycles. The van der Waals surface area contributed by atoms with Gasteiger partial charge in [0.25, 0.3) is 0 Å². The molecule has 2 rings (SSSR count). The molecule has 1 aliphatic carbocycles. The standard InChI is InChI=1S/C14H25N5/c1-14(2,9-15)19-13-7-12(17-10-18-13)16-8-11-5-3-4-6-11/h7,10-11H,3-6,8-9,15H2,1-2H3,(H2,16,17,18,19). The van der Waals surface area contributed by atoms with Crippen LogP contribution in [0, 0.1) is 5.92 Å². The molecule has 1 aromatic heterocycles. The van der Waals surface area contributed by atoms with Gasteiger partial charge in [-0.3, -0.25) is 0 Å². The summed E-state index contributed by atoms with van der Waals surface area (Å²) >= 11 is 0. The summed E-state index contributed by atoms with van der Waals surface area (Å²) in [5.74, 6) is 2.50. The third kappa shape index (κ3) is 4.35. The molecule has 19 heavy (non-hydrogen) atoms. The first-order chi connectivity index (χ1) is 9.09. The molecule has 0 spiro atoms. The number of nitrogens with two attached hydrogens (primary N) is 1. The predicted molar refractivity (Wildman–Crippen MR) is 79.2 cm³/mol. The molecular formula is C14H25N5. The molecule has 0 bridgehead atoms. The van der Waals surface area contributed by atoms with Gasteiger partial charge in [-0.2, -0.15) is 0 Å². The van der Waals surface area contributed by atoms with Crippen molar-refractivity contribution >= 4 is 11.6 Å². The van der Waals surface area contributed by atoms with Crippen molar-refractivity contribution in [3.63, 3.8) is 0 Å². The summed E-state index contributed by atoms with van der Waals surface area (Å²) in [7, 11) is 0. The minimum Gasteiger partial charge on any atom is -0.370 e. The van der Waals surface area contributed by atoms with E-state index >= 15 is 0 Å². The number of hydrogen-bond acceptors (Lipinski definition) is 5. The van der Waals surface area contributed by atoms with Gasteiger partial charge >= 0.3 is 0 Å². The second-order valence-corrected chi connectivity index (χ2v) is 6.03. The maximum atomic E-state index is 5.71. The number of nitrogens with zero attached hydrogens (tertiary/aromatic N) is 2. The second-order valence-electron chi connectivity index (χ2n) is 6.03. The Balaban J connectivity index is 1.90. The maximum absolute atomic E-state index is 5.71. The maximum Gasteiger partial charge on any atom is 0.131 e. The minimum absolute atomic E-state index is 0.156. The van der Waals surface area contributed by atoms with E-state index in [1.54, 1.807) is 6.33 Å². The van der Waals surface area contributed by atoms with E-state index in [-0.39, 0.29) is 5.54 Å². The molecule has 5 nitrogen and oxygen atoms in total. The summed E-state index contributed by atoms with van der Waals surface area (Å²) in [5, 5.41) is 6.73. The average molecular weight is 263 g/mol. The van der Waals surface area contributed by atoms with Crippen LogP contribution in [0.3, 0.4) is 0 Å². The summed E-state index contributed by atoms with van der Waals surface area (Å²) in [5.41, 5.74) is 5.56. The number of hydrogen-bond donors (Lipinski definition) is 3.